The molecule has 0 radical (unpaired) electrons. The second kappa shape index (κ2) is 34.3. The molecule has 4 unspecified atom stereocenters. The van der Waals surface area contributed by atoms with Crippen LogP contribution in [0.5, 0.6) is 0 Å². The maximum absolute atomic E-state index is 12.4. The summed E-state index contributed by atoms with van der Waals surface area (Å²) in [6.07, 6.45) is 4.06. The van der Waals surface area contributed by atoms with Gasteiger partial charge in [0.1, 0.15) is 5.76 Å². The molecule has 20 heteroatoms. The average Bonchev–Trinajstić information content (AvgIpc) is 1.55. The van der Waals surface area contributed by atoms with Crippen LogP contribution in [0.2, 0.25) is 0 Å². The average molecular weight is 1760 g/mol. The summed E-state index contributed by atoms with van der Waals surface area (Å²) in [5.41, 5.74) is -2.73. The van der Waals surface area contributed by atoms with Gasteiger partial charge in [0.25, 0.3) is 0 Å². The van der Waals surface area contributed by atoms with Crippen molar-refractivity contribution in [2.75, 3.05) is 0 Å². The van der Waals surface area contributed by atoms with Crippen LogP contribution in [-0.4, -0.2) is 37.0 Å². The molecule has 0 saturated heterocycles. The first-order chi connectivity index (χ1) is 41.1. The molecule has 4 bridgehead atoms. The van der Waals surface area contributed by atoms with E-state index in [1.165, 1.54) is 78.7 Å². The Bertz CT molecular complexity index is 3420. The number of hydrogen-bond acceptors (Lipinski definition) is 5. The van der Waals surface area contributed by atoms with E-state index in [4.69, 9.17) is 19.1 Å². The van der Waals surface area contributed by atoms with E-state index in [0.717, 1.165) is 10.9 Å². The van der Waals surface area contributed by atoms with E-state index >= 15 is 0 Å². The Morgan fingerprint density at radius 2 is 0.854 bits per heavy atom. The summed E-state index contributed by atoms with van der Waals surface area (Å²) in [6.45, 7) is 21.6. The number of fused-ring (bicyclic) bond motifs is 4. The van der Waals surface area contributed by atoms with Gasteiger partial charge in [-0.25, -0.2) is 6.07 Å². The number of aryl methyl sites for hydroxylation is 4. The molecular weight excluding hydrogens is 1690 g/mol. The molecule has 0 aliphatic heterocycles. The van der Waals surface area contributed by atoms with Crippen molar-refractivity contribution >= 4 is 192 Å². The standard InChI is InChI=1S/2C18H15P.C16H20Br2S.C11H14BrF3O3S.C6H6BrS.BrH.2ClH.Mg.Pd/c2*1-4-10-16(11-5-1)19(17-12-6-2-7-13-17)18-14-8-3-9-15-18;1-8-11(13(17)9(2)19-8)12-14(18)10-6-7-16(12,5)15(10,3)4;1-9(2)6-4-5-10(9,3)8(7(6)12)18-19(16,17)11(13,14)15;1-4-3-6(7)5(2)8-4;;;;;/h2*1-15H;10H,6-7H2,1-5H3;6H,4-5H2,1-3H3;1-2H3;3*1H;;/q;;;;-1;;;;2*+2/p-3. The molecule has 474 valence electrons. The Labute approximate surface area is 613 Å². The number of halogens is 10. The first kappa shape index (κ1) is 78.7. The normalized spacial score (nSPS) is 19.8. The molecule has 4 aliphatic rings. The Morgan fingerprint density at radius 1 is 0.539 bits per heavy atom. The van der Waals surface area contributed by atoms with Crippen LogP contribution in [0.3, 0.4) is 0 Å². The van der Waals surface area contributed by atoms with E-state index in [1.54, 1.807) is 23.8 Å². The SMILES string of the molecule is CC12CCC(C(Br)=C1OS(=O)(=O)C(F)(F)F)C2(C)C.Cc1[c-]c(Br)c(C)s1.Cc1sc(C)c(C2=C(Br)C3CCC2(C)C3(C)C)c1Br.[Br-].[Cl][Pd][Cl].[Mg+2].c1ccc(P(c2ccccc2)c2ccccc2)cc1.c1ccc(P(c2ccccc2)c2ccccc2)cc1. The number of benzene rings is 6. The summed E-state index contributed by atoms with van der Waals surface area (Å²) in [7, 11) is 3.12. The second-order valence-corrected chi connectivity index (χ2v) is 37.4. The van der Waals surface area contributed by atoms with E-state index in [-0.39, 0.29) is 73.1 Å². The monoisotopic (exact) mass is 1760 g/mol. The summed E-state index contributed by atoms with van der Waals surface area (Å²) in [6, 6.07) is 67.8. The summed E-state index contributed by atoms with van der Waals surface area (Å²) < 4.78 is 68.4. The molecule has 0 spiro atoms. The van der Waals surface area contributed by atoms with Gasteiger partial charge >= 0.3 is 73.7 Å². The molecule has 0 amide bonds. The number of allylic oxidation sites excluding steroid dienone is 4. The largest absolute Gasteiger partial charge is 2.00 e. The smallest absolute Gasteiger partial charge is 0.0622 e. The van der Waals surface area contributed by atoms with E-state index in [9.17, 15) is 21.6 Å². The van der Waals surface area contributed by atoms with E-state index in [2.05, 4.69) is 304 Å². The maximum Gasteiger partial charge on any atom is 2.00 e. The molecule has 0 N–H and O–H groups in total. The van der Waals surface area contributed by atoms with Gasteiger partial charge in [0.15, 0.2) is 0 Å². The molecule has 2 aromatic heterocycles. The fourth-order valence-electron chi connectivity index (χ4n) is 12.1. The van der Waals surface area contributed by atoms with Crippen LogP contribution >= 0.6 is 121 Å². The first-order valence-electron chi connectivity index (χ1n) is 28.0. The van der Waals surface area contributed by atoms with Gasteiger partial charge in [-0.3, -0.25) is 11.3 Å². The quantitative estimate of drug-likeness (QED) is 0.0476. The Balaban J connectivity index is 0.000000203. The second-order valence-electron chi connectivity index (χ2n) is 23.0. The molecule has 6 aromatic carbocycles. The van der Waals surface area contributed by atoms with Crippen molar-refractivity contribution in [1.82, 2.24) is 0 Å². The van der Waals surface area contributed by atoms with Crippen LogP contribution in [0, 0.1) is 67.3 Å². The van der Waals surface area contributed by atoms with Crippen molar-refractivity contribution in [3.8, 4) is 0 Å². The maximum atomic E-state index is 12.4. The first-order valence-corrected chi connectivity index (χ1v) is 40.9. The van der Waals surface area contributed by atoms with E-state index < -0.39 is 36.9 Å². The predicted molar refractivity (Wildman–Crippen MR) is 387 cm³/mol. The zero-order valence-electron chi connectivity index (χ0n) is 51.0. The molecule has 4 atom stereocenters. The van der Waals surface area contributed by atoms with Crippen LogP contribution in [0.1, 0.15) is 92.3 Å². The third-order valence-corrected chi connectivity index (χ3v) is 29.4. The summed E-state index contributed by atoms with van der Waals surface area (Å²) in [5, 5.41) is 8.39. The van der Waals surface area contributed by atoms with Crippen molar-refractivity contribution < 1.29 is 58.7 Å². The molecule has 89 heavy (non-hydrogen) atoms. The Morgan fingerprint density at radius 3 is 1.08 bits per heavy atom. The van der Waals surface area contributed by atoms with Crippen molar-refractivity contribution in [3.63, 3.8) is 0 Å². The molecule has 2 heterocycles. The van der Waals surface area contributed by atoms with Crippen LogP contribution in [0.4, 0.5) is 13.2 Å². The summed E-state index contributed by atoms with van der Waals surface area (Å²) >= 11 is 17.9. The topological polar surface area (TPSA) is 43.4 Å². The minimum Gasteiger partial charge on any atom is -0.0622 e. The fraction of sp³-hybridized carbons (Fsp3) is 0.304. The van der Waals surface area contributed by atoms with Crippen LogP contribution < -0.4 is 48.8 Å². The summed E-state index contributed by atoms with van der Waals surface area (Å²) in [5.74, 6) is 0.598. The van der Waals surface area contributed by atoms with Crippen molar-refractivity contribution in [2.24, 2.45) is 33.5 Å². The summed E-state index contributed by atoms with van der Waals surface area (Å²) in [4.78, 5) is 5.39. The Kier molecular flexibility index (Phi) is 30.3. The number of alkyl halides is 3. The van der Waals surface area contributed by atoms with Crippen molar-refractivity contribution in [3.05, 3.63) is 237 Å². The van der Waals surface area contributed by atoms with Crippen LogP contribution in [-0.2, 0) is 30.2 Å². The molecule has 3 nitrogen and oxygen atoms in total. The van der Waals surface area contributed by atoms with Gasteiger partial charge in [-0.2, -0.15) is 21.6 Å². The molecular formula is C69H70Br5Cl2F3MgO3P2PdS3. The number of hydrogen-bond donors (Lipinski definition) is 0. The third-order valence-electron chi connectivity index (χ3n) is 17.5. The van der Waals surface area contributed by atoms with E-state index in [0.29, 0.717) is 27.7 Å². The minimum atomic E-state index is -5.61. The van der Waals surface area contributed by atoms with Crippen molar-refractivity contribution in [2.45, 2.75) is 100 Å². The Hall–Kier alpha value is -0.991. The number of thiophene rings is 2. The van der Waals surface area contributed by atoms with Gasteiger partial charge < -0.3 is 21.2 Å². The van der Waals surface area contributed by atoms with Gasteiger partial charge in [-0.05, 0) is 144 Å². The number of rotatable bonds is 9. The van der Waals surface area contributed by atoms with Gasteiger partial charge in [-0.1, -0.05) is 278 Å². The molecule has 8 aromatic rings. The van der Waals surface area contributed by atoms with Crippen molar-refractivity contribution in [1.29, 1.82) is 0 Å². The molecule has 2 fully saturated rings. The fourth-order valence-corrected chi connectivity index (χ4v) is 23.4. The van der Waals surface area contributed by atoms with E-state index in [1.807, 2.05) is 25.2 Å². The zero-order valence-corrected chi connectivity index (χ0v) is 67.6. The molecule has 2 saturated carbocycles. The van der Waals surface area contributed by atoms with Crippen LogP contribution in [0.25, 0.3) is 5.57 Å². The van der Waals surface area contributed by atoms with Gasteiger partial charge in [0.2, 0.25) is 0 Å². The predicted octanol–water partition coefficient (Wildman–Crippen LogP) is 18.4. The molecule has 4 aliphatic carbocycles. The minimum absolute atomic E-state index is 0. The van der Waals surface area contributed by atoms with Gasteiger partial charge in [0, 0.05) is 34.2 Å². The van der Waals surface area contributed by atoms with Gasteiger partial charge in [-0.15, -0.1) is 25.6 Å². The third kappa shape index (κ3) is 18.0. The van der Waals surface area contributed by atoms with Crippen LogP contribution in [0.15, 0.2) is 206 Å². The van der Waals surface area contributed by atoms with Gasteiger partial charge in [0.05, 0.1) is 0 Å². The zero-order chi connectivity index (χ0) is 63.7. The molecule has 12 rings (SSSR count).